The SMILES string of the molecule is CCC[C@@H](C(=O)N[C@H]1CC[C@@H]2CN(Cc3ccccc3)C[C@@H]21)N(C(=O)O)C(C)(C)C. The molecular formula is C24H37N3O3. The summed E-state index contributed by atoms with van der Waals surface area (Å²) in [5.74, 6) is 0.927. The second-order valence-electron chi connectivity index (χ2n) is 9.92. The van der Waals surface area contributed by atoms with E-state index in [9.17, 15) is 14.7 Å². The van der Waals surface area contributed by atoms with Crippen LogP contribution in [0, 0.1) is 11.8 Å². The Labute approximate surface area is 180 Å². The molecule has 1 aromatic carbocycles. The molecule has 0 aromatic heterocycles. The van der Waals surface area contributed by atoms with E-state index >= 15 is 0 Å². The molecule has 1 heterocycles. The minimum Gasteiger partial charge on any atom is -0.465 e. The highest BCUT2D eigenvalue weighted by Gasteiger charge is 2.44. The van der Waals surface area contributed by atoms with Crippen LogP contribution in [0.3, 0.4) is 0 Å². The molecule has 30 heavy (non-hydrogen) atoms. The molecule has 1 saturated carbocycles. The Morgan fingerprint density at radius 2 is 1.90 bits per heavy atom. The molecule has 2 aliphatic rings. The van der Waals surface area contributed by atoms with Crippen molar-refractivity contribution in [2.45, 2.75) is 77.5 Å². The Morgan fingerprint density at radius 1 is 1.20 bits per heavy atom. The van der Waals surface area contributed by atoms with Gasteiger partial charge in [-0.1, -0.05) is 43.7 Å². The van der Waals surface area contributed by atoms with Gasteiger partial charge in [0.25, 0.3) is 0 Å². The lowest BCUT2D eigenvalue weighted by atomic mass is 9.96. The van der Waals surface area contributed by atoms with Crippen LogP contribution in [0.1, 0.15) is 58.9 Å². The molecule has 166 valence electrons. The third kappa shape index (κ3) is 5.15. The minimum absolute atomic E-state index is 0.137. The minimum atomic E-state index is -1.03. The summed E-state index contributed by atoms with van der Waals surface area (Å²) in [7, 11) is 0. The van der Waals surface area contributed by atoms with Crippen LogP contribution in [-0.4, -0.2) is 57.6 Å². The average Bonchev–Trinajstić information content (AvgIpc) is 3.22. The number of nitrogens with zero attached hydrogens (tertiary/aromatic N) is 2. The maximum Gasteiger partial charge on any atom is 0.408 e. The monoisotopic (exact) mass is 415 g/mol. The van der Waals surface area contributed by atoms with Gasteiger partial charge in [-0.2, -0.15) is 0 Å². The number of hydrogen-bond acceptors (Lipinski definition) is 3. The molecule has 3 rings (SSSR count). The predicted molar refractivity (Wildman–Crippen MR) is 118 cm³/mol. The topological polar surface area (TPSA) is 72.9 Å². The van der Waals surface area contributed by atoms with Gasteiger partial charge < -0.3 is 10.4 Å². The van der Waals surface area contributed by atoms with Crippen molar-refractivity contribution >= 4 is 12.0 Å². The molecule has 4 atom stereocenters. The highest BCUT2D eigenvalue weighted by Crippen LogP contribution is 2.39. The van der Waals surface area contributed by atoms with Crippen molar-refractivity contribution in [1.29, 1.82) is 0 Å². The van der Waals surface area contributed by atoms with Gasteiger partial charge in [0.1, 0.15) is 6.04 Å². The first-order valence-corrected chi connectivity index (χ1v) is 11.3. The van der Waals surface area contributed by atoms with Gasteiger partial charge >= 0.3 is 6.09 Å². The van der Waals surface area contributed by atoms with Crippen LogP contribution in [0.2, 0.25) is 0 Å². The van der Waals surface area contributed by atoms with Crippen LogP contribution < -0.4 is 5.32 Å². The van der Waals surface area contributed by atoms with Crippen molar-refractivity contribution in [1.82, 2.24) is 15.1 Å². The number of fused-ring (bicyclic) bond motifs is 1. The number of carbonyl (C=O) groups is 2. The van der Waals surface area contributed by atoms with Crippen LogP contribution in [0.5, 0.6) is 0 Å². The number of hydrogen-bond donors (Lipinski definition) is 2. The molecule has 1 aliphatic heterocycles. The first-order chi connectivity index (χ1) is 14.2. The van der Waals surface area contributed by atoms with Crippen LogP contribution in [0.4, 0.5) is 4.79 Å². The molecule has 2 amide bonds. The van der Waals surface area contributed by atoms with Crippen molar-refractivity contribution in [3.05, 3.63) is 35.9 Å². The fraction of sp³-hybridized carbons (Fsp3) is 0.667. The van der Waals surface area contributed by atoms with Gasteiger partial charge in [-0.15, -0.1) is 0 Å². The summed E-state index contributed by atoms with van der Waals surface area (Å²) in [6.45, 7) is 10.6. The number of carboxylic acid groups (broad SMARTS) is 1. The van der Waals surface area contributed by atoms with Crippen molar-refractivity contribution in [3.8, 4) is 0 Å². The fourth-order valence-electron chi connectivity index (χ4n) is 5.33. The Kier molecular flexibility index (Phi) is 7.06. The van der Waals surface area contributed by atoms with Crippen molar-refractivity contribution in [2.75, 3.05) is 13.1 Å². The lowest BCUT2D eigenvalue weighted by Crippen LogP contribution is -2.58. The highest BCUT2D eigenvalue weighted by molar-refractivity contribution is 5.86. The molecule has 0 unspecified atom stereocenters. The second-order valence-corrected chi connectivity index (χ2v) is 9.92. The van der Waals surface area contributed by atoms with Crippen molar-refractivity contribution in [2.24, 2.45) is 11.8 Å². The van der Waals surface area contributed by atoms with E-state index in [1.807, 2.05) is 33.8 Å². The standard InChI is InChI=1S/C24H37N3O3/c1-5-9-21(27(23(29)30)24(2,3)4)22(28)25-20-13-12-18-15-26(16-19(18)20)14-17-10-7-6-8-11-17/h6-8,10-11,18-21H,5,9,12-16H2,1-4H3,(H,25,28)(H,29,30)/t18-,19+,20+,21+/m1/s1. The zero-order valence-corrected chi connectivity index (χ0v) is 18.8. The summed E-state index contributed by atoms with van der Waals surface area (Å²) in [5, 5.41) is 13.0. The predicted octanol–water partition coefficient (Wildman–Crippen LogP) is 3.96. The molecule has 2 fully saturated rings. The number of benzene rings is 1. The van der Waals surface area contributed by atoms with E-state index in [4.69, 9.17) is 0 Å². The number of likely N-dealkylation sites (tertiary alicyclic amines) is 1. The van der Waals surface area contributed by atoms with E-state index in [0.717, 1.165) is 38.9 Å². The van der Waals surface area contributed by atoms with E-state index in [-0.39, 0.29) is 11.9 Å². The Balaban J connectivity index is 1.64. The van der Waals surface area contributed by atoms with Crippen LogP contribution in [-0.2, 0) is 11.3 Å². The normalized spacial score (nSPS) is 25.0. The van der Waals surface area contributed by atoms with Gasteiger partial charge in [0.15, 0.2) is 0 Å². The fourth-order valence-corrected chi connectivity index (χ4v) is 5.33. The molecule has 1 aromatic rings. The molecule has 2 N–H and O–H groups in total. The summed E-state index contributed by atoms with van der Waals surface area (Å²) in [6, 6.07) is 10.0. The molecule has 0 bridgehead atoms. The Morgan fingerprint density at radius 3 is 2.50 bits per heavy atom. The summed E-state index contributed by atoms with van der Waals surface area (Å²) in [6.07, 6.45) is 2.38. The maximum absolute atomic E-state index is 13.2. The summed E-state index contributed by atoms with van der Waals surface area (Å²) in [4.78, 5) is 29.0. The lowest BCUT2D eigenvalue weighted by Gasteiger charge is -2.39. The van der Waals surface area contributed by atoms with Gasteiger partial charge in [0.2, 0.25) is 5.91 Å². The second kappa shape index (κ2) is 9.38. The first-order valence-electron chi connectivity index (χ1n) is 11.3. The Hall–Kier alpha value is -2.08. The lowest BCUT2D eigenvalue weighted by molar-refractivity contribution is -0.129. The molecule has 0 radical (unpaired) electrons. The molecule has 6 nitrogen and oxygen atoms in total. The number of carbonyl (C=O) groups excluding carboxylic acids is 1. The average molecular weight is 416 g/mol. The zero-order chi connectivity index (χ0) is 21.9. The van der Waals surface area contributed by atoms with Crippen LogP contribution in [0.15, 0.2) is 30.3 Å². The van der Waals surface area contributed by atoms with Crippen molar-refractivity contribution < 1.29 is 14.7 Å². The first kappa shape index (κ1) is 22.6. The van der Waals surface area contributed by atoms with E-state index < -0.39 is 17.7 Å². The van der Waals surface area contributed by atoms with Gasteiger partial charge in [-0.3, -0.25) is 14.6 Å². The van der Waals surface area contributed by atoms with Crippen LogP contribution >= 0.6 is 0 Å². The number of amides is 2. The summed E-state index contributed by atoms with van der Waals surface area (Å²) >= 11 is 0. The number of rotatable bonds is 7. The third-order valence-electron chi connectivity index (χ3n) is 6.61. The number of nitrogens with one attached hydrogen (secondary N) is 1. The van der Waals surface area contributed by atoms with Gasteiger partial charge in [0.05, 0.1) is 0 Å². The molecule has 1 saturated heterocycles. The van der Waals surface area contributed by atoms with E-state index in [1.54, 1.807) is 0 Å². The summed E-state index contributed by atoms with van der Waals surface area (Å²) < 4.78 is 0. The smallest absolute Gasteiger partial charge is 0.408 e. The largest absolute Gasteiger partial charge is 0.465 e. The molecule has 6 heteroatoms. The van der Waals surface area contributed by atoms with Crippen LogP contribution in [0.25, 0.3) is 0 Å². The Bertz CT molecular complexity index is 731. The third-order valence-corrected chi connectivity index (χ3v) is 6.61. The maximum atomic E-state index is 13.2. The van der Waals surface area contributed by atoms with E-state index in [1.165, 1.54) is 10.5 Å². The van der Waals surface area contributed by atoms with Gasteiger partial charge in [-0.05, 0) is 57.4 Å². The van der Waals surface area contributed by atoms with E-state index in [0.29, 0.717) is 18.3 Å². The molecule has 1 aliphatic carbocycles. The highest BCUT2D eigenvalue weighted by atomic mass is 16.4. The van der Waals surface area contributed by atoms with Gasteiger partial charge in [0, 0.05) is 31.2 Å². The van der Waals surface area contributed by atoms with E-state index in [2.05, 4.69) is 34.5 Å². The molecule has 0 spiro atoms. The van der Waals surface area contributed by atoms with Crippen molar-refractivity contribution in [3.63, 3.8) is 0 Å². The molecular weight excluding hydrogens is 378 g/mol. The quantitative estimate of drug-likeness (QED) is 0.707. The zero-order valence-electron chi connectivity index (χ0n) is 18.8. The summed E-state index contributed by atoms with van der Waals surface area (Å²) in [5.41, 5.74) is 0.699. The van der Waals surface area contributed by atoms with Gasteiger partial charge in [-0.25, -0.2) is 4.79 Å².